The van der Waals surface area contributed by atoms with Gasteiger partial charge in [-0.1, -0.05) is 36.4 Å². The second-order valence-electron chi connectivity index (χ2n) is 10.0. The van der Waals surface area contributed by atoms with Crippen LogP contribution >= 0.6 is 7.75 Å². The number of para-hydroxylation sites is 1. The number of aromatic nitrogens is 4. The monoisotopic (exact) mass is 622 g/mol. The zero-order chi connectivity index (χ0) is 31.3. The molecule has 5 rings (SSSR count). The van der Waals surface area contributed by atoms with Gasteiger partial charge in [0.1, 0.15) is 42.9 Å². The quantitative estimate of drug-likeness (QED) is 0.153. The number of aliphatic hydroxyl groups is 1. The Morgan fingerprint density at radius 1 is 1.05 bits per heavy atom. The lowest BCUT2D eigenvalue weighted by molar-refractivity contribution is -0.149. The molecule has 0 bridgehead atoms. The number of hydrogen-bond donors (Lipinski definition) is 3. The third-order valence-electron chi connectivity index (χ3n) is 6.22. The predicted molar refractivity (Wildman–Crippen MR) is 158 cm³/mol. The van der Waals surface area contributed by atoms with Crippen LogP contribution in [0.1, 0.15) is 37.4 Å². The summed E-state index contributed by atoms with van der Waals surface area (Å²) >= 11 is 0. The van der Waals surface area contributed by atoms with Crippen LogP contribution in [0.3, 0.4) is 0 Å². The van der Waals surface area contributed by atoms with E-state index in [0.717, 1.165) is 0 Å². The van der Waals surface area contributed by atoms with E-state index in [1.165, 1.54) is 30.2 Å². The predicted octanol–water partition coefficient (Wildman–Crippen LogP) is 3.99. The number of benzene rings is 2. The minimum absolute atomic E-state index is 0.145. The van der Waals surface area contributed by atoms with E-state index < -0.39 is 32.1 Å². The van der Waals surface area contributed by atoms with Crippen molar-refractivity contribution >= 4 is 36.6 Å². The number of nitrogens with one attached hydrogen (secondary N) is 2. The van der Waals surface area contributed by atoms with E-state index in [2.05, 4.69) is 25.4 Å². The molecule has 3 N–H and O–H groups in total. The van der Waals surface area contributed by atoms with Gasteiger partial charge in [-0.05, 0) is 51.1 Å². The normalized spacial score (nSPS) is 18.2. The van der Waals surface area contributed by atoms with Crippen molar-refractivity contribution in [1.82, 2.24) is 24.6 Å². The fourth-order valence-electron chi connectivity index (χ4n) is 4.22. The number of nitrogens with zero attached hydrogens (tertiary/aromatic N) is 4. The van der Waals surface area contributed by atoms with Crippen LogP contribution in [-0.4, -0.2) is 61.4 Å². The Kier molecular flexibility index (Phi) is 9.35. The minimum atomic E-state index is -4.16. The first-order valence-corrected chi connectivity index (χ1v) is 15.2. The number of esters is 1. The molecule has 2 aromatic heterocycles. The summed E-state index contributed by atoms with van der Waals surface area (Å²) in [5, 5.41) is 16.2. The van der Waals surface area contributed by atoms with Crippen LogP contribution in [0.2, 0.25) is 0 Å². The zero-order valence-corrected chi connectivity index (χ0v) is 25.0. The number of fused-ring (bicyclic) bond motifs is 1. The van der Waals surface area contributed by atoms with Gasteiger partial charge in [-0.3, -0.25) is 18.7 Å². The van der Waals surface area contributed by atoms with E-state index in [1.54, 1.807) is 74.5 Å². The molecule has 2 aromatic carbocycles. The number of imidazole rings is 1. The molecule has 0 saturated heterocycles. The van der Waals surface area contributed by atoms with Crippen molar-refractivity contribution in [2.75, 3.05) is 11.9 Å². The Bertz CT molecular complexity index is 1700. The molecule has 44 heavy (non-hydrogen) atoms. The number of anilines is 1. The van der Waals surface area contributed by atoms with E-state index in [4.69, 9.17) is 18.5 Å². The molecule has 0 spiro atoms. The highest BCUT2D eigenvalue weighted by Crippen LogP contribution is 2.46. The molecule has 0 aliphatic carbocycles. The Labute approximate surface area is 252 Å². The standard InChI is InChI=1S/C29H31N6O8P/c1-18(2)41-29(38)19(3)34-44(39,43-21-12-8-5-9-13-21)40-15-22-14-23(36)28(42-22)35-17-32-24-25(30-16-31-26(24)35)33-27(37)20-10-6-4-7-11-20/h4-14,16-19,23,28,36H,15H2,1-3H3,(H,34,39)(H,30,31,33,37)/t19-,23?,28?,44-/m0/s1. The average molecular weight is 623 g/mol. The van der Waals surface area contributed by atoms with E-state index in [9.17, 15) is 19.3 Å². The third kappa shape index (κ3) is 7.29. The van der Waals surface area contributed by atoms with Crippen LogP contribution in [-0.2, 0) is 23.4 Å². The van der Waals surface area contributed by atoms with Crippen molar-refractivity contribution in [3.8, 4) is 5.75 Å². The number of aliphatic hydroxyl groups excluding tert-OH is 1. The summed E-state index contributed by atoms with van der Waals surface area (Å²) < 4.78 is 37.7. The van der Waals surface area contributed by atoms with E-state index in [-0.39, 0.29) is 41.5 Å². The van der Waals surface area contributed by atoms with Crippen LogP contribution in [0, 0.1) is 0 Å². The highest BCUT2D eigenvalue weighted by Gasteiger charge is 2.36. The first-order chi connectivity index (χ1) is 21.1. The molecule has 14 nitrogen and oxygen atoms in total. The number of hydrogen-bond acceptors (Lipinski definition) is 11. The molecule has 230 valence electrons. The zero-order valence-electron chi connectivity index (χ0n) is 24.1. The fraction of sp³-hybridized carbons (Fsp3) is 0.276. The Morgan fingerprint density at radius 2 is 1.75 bits per heavy atom. The van der Waals surface area contributed by atoms with Gasteiger partial charge in [-0.2, -0.15) is 5.09 Å². The first kappa shape index (κ1) is 30.8. The van der Waals surface area contributed by atoms with Crippen molar-refractivity contribution in [3.05, 3.63) is 90.7 Å². The SMILES string of the molecule is CC(C)OC(=O)[C@H](C)N[P@](=O)(OCC1=CC(O)C(n2cnc3c(NC(=O)c4ccccc4)ncnc32)O1)Oc1ccccc1. The van der Waals surface area contributed by atoms with Crippen molar-refractivity contribution in [2.24, 2.45) is 0 Å². The van der Waals surface area contributed by atoms with Crippen molar-refractivity contribution in [1.29, 1.82) is 0 Å². The lowest BCUT2D eigenvalue weighted by Gasteiger charge is -2.24. The second kappa shape index (κ2) is 13.3. The van der Waals surface area contributed by atoms with Crippen LogP contribution in [0.25, 0.3) is 11.2 Å². The maximum Gasteiger partial charge on any atom is 0.459 e. The molecule has 0 saturated carbocycles. The molecule has 1 amide bonds. The van der Waals surface area contributed by atoms with Crippen LogP contribution in [0.15, 0.2) is 85.2 Å². The first-order valence-electron chi connectivity index (χ1n) is 13.7. The largest absolute Gasteiger partial charge is 0.469 e. The average Bonchev–Trinajstić information content (AvgIpc) is 3.60. The maximum absolute atomic E-state index is 13.8. The van der Waals surface area contributed by atoms with Gasteiger partial charge < -0.3 is 24.4 Å². The van der Waals surface area contributed by atoms with Crippen molar-refractivity contribution in [2.45, 2.75) is 45.2 Å². The molecule has 2 unspecified atom stereocenters. The lowest BCUT2D eigenvalue weighted by atomic mass is 10.2. The number of carbonyl (C=O) groups excluding carboxylic acids is 2. The molecule has 0 radical (unpaired) electrons. The molecule has 1 aliphatic rings. The Balaban J connectivity index is 1.29. The van der Waals surface area contributed by atoms with Gasteiger partial charge >= 0.3 is 13.7 Å². The van der Waals surface area contributed by atoms with Gasteiger partial charge in [0.2, 0.25) is 6.23 Å². The fourth-order valence-corrected chi connectivity index (χ4v) is 5.68. The lowest BCUT2D eigenvalue weighted by Crippen LogP contribution is -2.36. The molecule has 15 heteroatoms. The van der Waals surface area contributed by atoms with Crippen molar-refractivity contribution in [3.63, 3.8) is 0 Å². The van der Waals surface area contributed by atoms with Crippen LogP contribution in [0.4, 0.5) is 5.82 Å². The Hall–Kier alpha value is -4.62. The van der Waals surface area contributed by atoms with E-state index >= 15 is 0 Å². The summed E-state index contributed by atoms with van der Waals surface area (Å²) in [4.78, 5) is 37.8. The van der Waals surface area contributed by atoms with Crippen molar-refractivity contribution < 1.29 is 37.8 Å². The van der Waals surface area contributed by atoms with E-state index in [0.29, 0.717) is 11.2 Å². The van der Waals surface area contributed by atoms with Crippen LogP contribution < -0.4 is 14.9 Å². The molecule has 4 atom stereocenters. The summed E-state index contributed by atoms with van der Waals surface area (Å²) in [6, 6.07) is 15.9. The maximum atomic E-state index is 13.8. The summed E-state index contributed by atoms with van der Waals surface area (Å²) in [7, 11) is -4.16. The highest BCUT2D eigenvalue weighted by molar-refractivity contribution is 7.52. The van der Waals surface area contributed by atoms with Gasteiger partial charge in [-0.25, -0.2) is 19.5 Å². The number of rotatable bonds is 12. The Morgan fingerprint density at radius 3 is 2.45 bits per heavy atom. The van der Waals surface area contributed by atoms with Gasteiger partial charge in [0.15, 0.2) is 17.0 Å². The second-order valence-corrected chi connectivity index (χ2v) is 11.7. The summed E-state index contributed by atoms with van der Waals surface area (Å²) in [5.41, 5.74) is 1.01. The van der Waals surface area contributed by atoms with Gasteiger partial charge in [0, 0.05) is 5.56 Å². The molecule has 0 fully saturated rings. The third-order valence-corrected chi connectivity index (χ3v) is 7.85. The summed E-state index contributed by atoms with van der Waals surface area (Å²) in [6.07, 6.45) is 1.50. The molecular weight excluding hydrogens is 591 g/mol. The van der Waals surface area contributed by atoms with Gasteiger partial charge in [0.25, 0.3) is 5.91 Å². The topological polar surface area (TPSA) is 176 Å². The van der Waals surface area contributed by atoms with E-state index in [1.807, 2.05) is 0 Å². The van der Waals surface area contributed by atoms with Gasteiger partial charge in [0.05, 0.1) is 6.10 Å². The molecule has 1 aliphatic heterocycles. The number of ether oxygens (including phenoxy) is 2. The minimum Gasteiger partial charge on any atom is -0.469 e. The van der Waals surface area contributed by atoms with Gasteiger partial charge in [-0.15, -0.1) is 0 Å². The summed E-state index contributed by atoms with van der Waals surface area (Å²) in [6.45, 7) is 4.49. The van der Waals surface area contributed by atoms with Crippen LogP contribution in [0.5, 0.6) is 5.75 Å². The number of amides is 1. The molecule has 4 aromatic rings. The smallest absolute Gasteiger partial charge is 0.459 e. The summed E-state index contributed by atoms with van der Waals surface area (Å²) in [5.74, 6) is -0.442. The highest BCUT2D eigenvalue weighted by atomic mass is 31.2. The number of carbonyl (C=O) groups is 2. The molecular formula is C29H31N6O8P. The molecule has 3 heterocycles.